The van der Waals surface area contributed by atoms with E-state index in [-0.39, 0.29) is 12.4 Å². The number of fused-ring (bicyclic) bond motifs is 2. The van der Waals surface area contributed by atoms with E-state index in [1.54, 1.807) is 51.1 Å². The van der Waals surface area contributed by atoms with Crippen LogP contribution in [0.15, 0.2) is 52.2 Å². The number of benzene rings is 1. The summed E-state index contributed by atoms with van der Waals surface area (Å²) in [5.74, 6) is -0.460. The van der Waals surface area contributed by atoms with E-state index in [0.717, 1.165) is 10.6 Å². The number of esters is 1. The van der Waals surface area contributed by atoms with Crippen LogP contribution in [0.4, 0.5) is 0 Å². The van der Waals surface area contributed by atoms with E-state index in [1.807, 2.05) is 0 Å². The molecule has 2 aliphatic rings. The first-order valence-corrected chi connectivity index (χ1v) is 13.2. The quantitative estimate of drug-likeness (QED) is 0.292. The summed E-state index contributed by atoms with van der Waals surface area (Å²) in [6.45, 7) is 5.73. The van der Waals surface area contributed by atoms with E-state index in [9.17, 15) is 24.1 Å². The summed E-state index contributed by atoms with van der Waals surface area (Å²) in [4.78, 5) is 38.4. The number of aromatic amines is 1. The maximum Gasteiger partial charge on any atom is 0.459 e. The molecule has 0 spiro atoms. The molecule has 3 heterocycles. The second-order valence-corrected chi connectivity index (χ2v) is 11.1. The smallest absolute Gasteiger partial charge is 0.459 e. The van der Waals surface area contributed by atoms with Crippen molar-refractivity contribution in [3.63, 3.8) is 0 Å². The van der Waals surface area contributed by atoms with Gasteiger partial charge in [0.1, 0.15) is 29.1 Å². The maximum atomic E-state index is 13.8. The number of para-hydroxylation sites is 1. The fraction of sp³-hybridized carbons (Fsp3) is 0.522. The Morgan fingerprint density at radius 1 is 1.27 bits per heavy atom. The molecule has 0 aliphatic carbocycles. The van der Waals surface area contributed by atoms with Crippen LogP contribution >= 0.6 is 7.75 Å². The Kier molecular flexibility index (Phi) is 7.48. The number of hydrogen-bond acceptors (Lipinski definition) is 10. The van der Waals surface area contributed by atoms with Crippen molar-refractivity contribution in [2.24, 2.45) is 0 Å². The van der Waals surface area contributed by atoms with E-state index < -0.39 is 67.3 Å². The van der Waals surface area contributed by atoms with Gasteiger partial charge >= 0.3 is 19.4 Å². The van der Waals surface area contributed by atoms with Crippen LogP contribution in [0, 0.1) is 0 Å². The Morgan fingerprint density at radius 2 is 1.97 bits per heavy atom. The average molecular weight is 539 g/mol. The molecular weight excluding hydrogens is 509 g/mol. The lowest BCUT2D eigenvalue weighted by molar-refractivity contribution is -0.212. The van der Waals surface area contributed by atoms with Crippen LogP contribution in [-0.2, 0) is 28.1 Å². The number of H-pyrrole nitrogens is 1. The van der Waals surface area contributed by atoms with Crippen LogP contribution in [0.1, 0.15) is 33.9 Å². The Bertz CT molecular complexity index is 1300. The van der Waals surface area contributed by atoms with Gasteiger partial charge in [0.25, 0.3) is 5.56 Å². The van der Waals surface area contributed by atoms with Crippen LogP contribution in [-0.4, -0.2) is 63.3 Å². The molecule has 4 rings (SSSR count). The molecular formula is C23H30N3O10P. The molecule has 2 aromatic rings. The van der Waals surface area contributed by atoms with Gasteiger partial charge in [-0.2, -0.15) is 5.09 Å². The second kappa shape index (κ2) is 10.2. The summed E-state index contributed by atoms with van der Waals surface area (Å²) in [7, 11) is -4.25. The molecule has 13 nitrogen and oxygen atoms in total. The molecule has 2 fully saturated rings. The molecule has 0 radical (unpaired) electrons. The van der Waals surface area contributed by atoms with E-state index in [1.165, 1.54) is 13.1 Å². The SMILES string of the molecule is CC(C)OC(=O)[C@@H](C)N[P@](=O)(OC[C@]12CO[C@](C)([C@@H]1O)[C@H](n1ccc(=O)[nH]c1=O)O2)Oc1ccccc1. The minimum atomic E-state index is -4.25. The van der Waals surface area contributed by atoms with Gasteiger partial charge < -0.3 is 23.8 Å². The third-order valence-corrected chi connectivity index (χ3v) is 7.74. The van der Waals surface area contributed by atoms with Gasteiger partial charge in [-0.3, -0.25) is 23.7 Å². The Morgan fingerprint density at radius 3 is 2.62 bits per heavy atom. The highest BCUT2D eigenvalue weighted by molar-refractivity contribution is 7.52. The zero-order valence-corrected chi connectivity index (χ0v) is 21.7. The third-order valence-electron chi connectivity index (χ3n) is 6.11. The lowest BCUT2D eigenvalue weighted by Gasteiger charge is -2.34. The summed E-state index contributed by atoms with van der Waals surface area (Å²) in [5.41, 5.74) is -4.26. The van der Waals surface area contributed by atoms with Gasteiger partial charge in [-0.05, 0) is 39.8 Å². The monoisotopic (exact) mass is 539 g/mol. The van der Waals surface area contributed by atoms with Crippen molar-refractivity contribution in [3.05, 3.63) is 63.4 Å². The van der Waals surface area contributed by atoms with Crippen molar-refractivity contribution >= 4 is 13.7 Å². The van der Waals surface area contributed by atoms with E-state index >= 15 is 0 Å². The zero-order valence-electron chi connectivity index (χ0n) is 20.8. The molecule has 3 N–H and O–H groups in total. The molecule has 2 aliphatic heterocycles. The minimum Gasteiger partial charge on any atom is -0.462 e. The fourth-order valence-electron chi connectivity index (χ4n) is 4.23. The standard InChI is InChI=1S/C23H30N3O10P/c1-14(2)34-18(28)15(3)25-37(31,36-16-8-6-5-7-9-16)33-13-23-12-32-22(4,19(23)29)20(35-23)26-11-10-17(27)24-21(26)30/h5-11,14-15,19-20,29H,12-13H2,1-4H3,(H,25,31)(H,24,27,30)/t15-,19+,20-,22-,23-,37+/m1/s1. The van der Waals surface area contributed by atoms with E-state index in [0.29, 0.717) is 0 Å². The molecule has 37 heavy (non-hydrogen) atoms. The molecule has 6 atom stereocenters. The van der Waals surface area contributed by atoms with Gasteiger partial charge in [0.05, 0.1) is 19.3 Å². The molecule has 14 heteroatoms. The fourth-order valence-corrected chi connectivity index (χ4v) is 5.78. The van der Waals surface area contributed by atoms with Crippen molar-refractivity contribution in [1.29, 1.82) is 0 Å². The number of nitrogens with zero attached hydrogens (tertiary/aromatic N) is 1. The predicted octanol–water partition coefficient (Wildman–Crippen LogP) is 1.09. The third kappa shape index (κ3) is 5.42. The molecule has 2 bridgehead atoms. The van der Waals surface area contributed by atoms with Gasteiger partial charge in [-0.1, -0.05) is 18.2 Å². The predicted molar refractivity (Wildman–Crippen MR) is 129 cm³/mol. The first-order valence-electron chi connectivity index (χ1n) is 11.7. The number of carbonyl (C=O) groups is 1. The van der Waals surface area contributed by atoms with Gasteiger partial charge in [0, 0.05) is 12.3 Å². The number of aliphatic hydroxyl groups excluding tert-OH is 1. The van der Waals surface area contributed by atoms with Crippen LogP contribution < -0.4 is 20.9 Å². The summed E-state index contributed by atoms with van der Waals surface area (Å²) in [6.07, 6.45) is -1.59. The lowest BCUT2D eigenvalue weighted by Crippen LogP contribution is -2.46. The highest BCUT2D eigenvalue weighted by atomic mass is 31.2. The molecule has 0 saturated carbocycles. The molecule has 202 valence electrons. The number of aliphatic hydroxyl groups is 1. The average Bonchev–Trinajstić information content (AvgIpc) is 3.20. The van der Waals surface area contributed by atoms with Crippen LogP contribution in [0.2, 0.25) is 0 Å². The number of rotatable bonds is 10. The first-order chi connectivity index (χ1) is 17.4. The van der Waals surface area contributed by atoms with Crippen molar-refractivity contribution in [2.75, 3.05) is 13.2 Å². The summed E-state index contributed by atoms with van der Waals surface area (Å²) < 4.78 is 43.3. The number of carbonyl (C=O) groups excluding carboxylic acids is 1. The van der Waals surface area contributed by atoms with Crippen molar-refractivity contribution in [2.45, 2.75) is 63.4 Å². The minimum absolute atomic E-state index is 0.143. The largest absolute Gasteiger partial charge is 0.462 e. The number of nitrogens with one attached hydrogen (secondary N) is 2. The van der Waals surface area contributed by atoms with Crippen LogP contribution in [0.5, 0.6) is 5.75 Å². The molecule has 1 aromatic heterocycles. The molecule has 2 saturated heterocycles. The Hall–Kier alpha value is -2.80. The zero-order chi connectivity index (χ0) is 27.0. The highest BCUT2D eigenvalue weighted by Gasteiger charge is 2.69. The topological polar surface area (TPSA) is 167 Å². The lowest BCUT2D eigenvalue weighted by atomic mass is 9.92. The molecule has 1 aromatic carbocycles. The number of hydrogen-bond donors (Lipinski definition) is 3. The first kappa shape index (κ1) is 27.2. The van der Waals surface area contributed by atoms with Gasteiger partial charge in [-0.25, -0.2) is 9.36 Å². The van der Waals surface area contributed by atoms with Crippen LogP contribution in [0.3, 0.4) is 0 Å². The number of aromatic nitrogens is 2. The number of ether oxygens (including phenoxy) is 3. The van der Waals surface area contributed by atoms with Crippen molar-refractivity contribution < 1.29 is 37.7 Å². The Labute approximate surface area is 212 Å². The van der Waals surface area contributed by atoms with Crippen LogP contribution in [0.25, 0.3) is 0 Å². The van der Waals surface area contributed by atoms with Crippen molar-refractivity contribution in [3.8, 4) is 5.75 Å². The normalized spacial score (nSPS) is 29.1. The van der Waals surface area contributed by atoms with Gasteiger partial charge in [0.15, 0.2) is 6.23 Å². The Balaban J connectivity index is 1.57. The van der Waals surface area contributed by atoms with Gasteiger partial charge in [-0.15, -0.1) is 0 Å². The molecule has 0 amide bonds. The molecule has 0 unspecified atom stereocenters. The van der Waals surface area contributed by atoms with E-state index in [2.05, 4.69) is 10.1 Å². The summed E-state index contributed by atoms with van der Waals surface area (Å²) in [6, 6.07) is 8.26. The van der Waals surface area contributed by atoms with E-state index in [4.69, 9.17) is 23.3 Å². The second-order valence-electron chi connectivity index (χ2n) is 9.44. The summed E-state index contributed by atoms with van der Waals surface area (Å²) >= 11 is 0. The summed E-state index contributed by atoms with van der Waals surface area (Å²) in [5, 5.41) is 13.7. The van der Waals surface area contributed by atoms with Gasteiger partial charge in [0.2, 0.25) is 0 Å². The highest BCUT2D eigenvalue weighted by Crippen LogP contribution is 2.54. The van der Waals surface area contributed by atoms with Crippen molar-refractivity contribution in [1.82, 2.24) is 14.6 Å². The maximum absolute atomic E-state index is 13.8.